The molecule has 0 aromatic carbocycles. The molecular weight excluding hydrogens is 1000 g/mol. The molecule has 0 radical (unpaired) electrons. The predicted molar refractivity (Wildman–Crippen MR) is 340 cm³/mol. The van der Waals surface area contributed by atoms with Gasteiger partial charge in [0.05, 0.1) is 33.8 Å². The number of rotatable bonds is 64. The first-order valence-corrected chi connectivity index (χ1v) is 36.1. The van der Waals surface area contributed by atoms with E-state index < -0.39 is 20.0 Å². The Morgan fingerprint density at radius 3 is 1.08 bits per heavy atom. The van der Waals surface area contributed by atoms with Crippen LogP contribution in [0.5, 0.6) is 0 Å². The number of phosphoric acid groups is 1. The smallest absolute Gasteiger partial charge is 0.306 e. The summed E-state index contributed by atoms with van der Waals surface area (Å²) < 4.78 is 30.4. The molecule has 0 spiro atoms. The average Bonchev–Trinajstić information content (AvgIpc) is 3.41. The van der Waals surface area contributed by atoms with Crippen LogP contribution in [0.4, 0.5) is 0 Å². The quantitative estimate of drug-likeness (QED) is 0.0212. The van der Waals surface area contributed by atoms with Crippen molar-refractivity contribution in [2.24, 2.45) is 0 Å². The second-order valence-corrected chi connectivity index (χ2v) is 26.5. The van der Waals surface area contributed by atoms with Crippen LogP contribution in [-0.2, 0) is 27.9 Å². The van der Waals surface area contributed by atoms with Gasteiger partial charge in [-0.1, -0.05) is 309 Å². The van der Waals surface area contributed by atoms with Crippen molar-refractivity contribution >= 4 is 19.7 Å². The number of ether oxygens (including phenoxy) is 1. The van der Waals surface area contributed by atoms with E-state index in [0.29, 0.717) is 17.4 Å². The number of unbranched alkanes of at least 4 members (excludes halogenated alkanes) is 46. The summed E-state index contributed by atoms with van der Waals surface area (Å²) in [6.45, 7) is 6.89. The van der Waals surface area contributed by atoms with E-state index >= 15 is 0 Å². The first-order valence-electron chi connectivity index (χ1n) is 34.6. The summed E-state index contributed by atoms with van der Waals surface area (Å²) in [5, 5.41) is 3.04. The van der Waals surface area contributed by atoms with Crippen molar-refractivity contribution in [2.45, 2.75) is 367 Å². The van der Waals surface area contributed by atoms with Crippen molar-refractivity contribution in [2.75, 3.05) is 40.9 Å². The second kappa shape index (κ2) is 59.6. The number of hydrogen-bond acceptors (Lipinski definition) is 7. The van der Waals surface area contributed by atoms with Gasteiger partial charge in [0.2, 0.25) is 5.91 Å². The van der Waals surface area contributed by atoms with Crippen LogP contribution in [0.25, 0.3) is 0 Å². The zero-order valence-electron chi connectivity index (χ0n) is 53.6. The number of nitrogens with one attached hydrogen (secondary N) is 1. The fourth-order valence-corrected chi connectivity index (χ4v) is 11.2. The van der Waals surface area contributed by atoms with E-state index in [1.807, 2.05) is 33.3 Å². The monoisotopic (exact) mass is 1140 g/mol. The molecule has 0 aliphatic heterocycles. The third kappa shape index (κ3) is 60.9. The highest BCUT2D eigenvalue weighted by molar-refractivity contribution is 7.45. The molecule has 0 aromatic rings. The van der Waals surface area contributed by atoms with Crippen molar-refractivity contribution in [3.63, 3.8) is 0 Å². The van der Waals surface area contributed by atoms with Crippen LogP contribution in [-0.4, -0.2) is 69.4 Å². The first kappa shape index (κ1) is 77.5. The molecule has 0 fully saturated rings. The third-order valence-electron chi connectivity index (χ3n) is 15.9. The molecule has 0 aromatic heterocycles. The molecule has 0 rings (SSSR count). The summed E-state index contributed by atoms with van der Waals surface area (Å²) in [6.07, 6.45) is 71.6. The molecule has 0 saturated carbocycles. The number of quaternary nitrogens is 1. The zero-order chi connectivity index (χ0) is 57.9. The van der Waals surface area contributed by atoms with Gasteiger partial charge in [-0.2, -0.15) is 0 Å². The van der Waals surface area contributed by atoms with Crippen molar-refractivity contribution in [3.05, 3.63) is 24.3 Å². The average molecular weight is 1140 g/mol. The van der Waals surface area contributed by atoms with Gasteiger partial charge in [0, 0.05) is 12.8 Å². The zero-order valence-corrected chi connectivity index (χ0v) is 54.5. The molecule has 0 bridgehead atoms. The summed E-state index contributed by atoms with van der Waals surface area (Å²) in [7, 11) is 1.20. The standard InChI is InChI=1S/C69H135N2O7P/c1-7-10-13-16-19-22-25-27-29-31-33-34-35-36-38-39-41-43-46-49-52-55-58-61-68(72)70-66(65-77-79(74,75)76-64-63-71(4,5)6)67(60-57-54-51-48-45-24-21-18-15-12-9-3)78-69(73)62-59-56-53-50-47-44-42-40-37-32-30-28-26-23-20-17-14-11-8-2/h28,30,57,60,66-67H,7-27,29,31-56,58-59,61-65H2,1-6H3,(H-,70,72,74,75)/b30-28+,60-57+. The summed E-state index contributed by atoms with van der Waals surface area (Å²) in [4.78, 5) is 40.1. The van der Waals surface area contributed by atoms with Crippen molar-refractivity contribution < 1.29 is 37.3 Å². The van der Waals surface area contributed by atoms with Gasteiger partial charge in [-0.05, 0) is 57.4 Å². The van der Waals surface area contributed by atoms with E-state index in [1.165, 1.54) is 263 Å². The number of allylic oxidation sites excluding steroid dienone is 3. The van der Waals surface area contributed by atoms with Gasteiger partial charge in [-0.3, -0.25) is 14.2 Å². The topological polar surface area (TPSA) is 114 Å². The molecule has 1 amide bonds. The van der Waals surface area contributed by atoms with E-state index in [-0.39, 0.29) is 31.5 Å². The lowest BCUT2D eigenvalue weighted by molar-refractivity contribution is -0.870. The van der Waals surface area contributed by atoms with Crippen molar-refractivity contribution in [1.29, 1.82) is 0 Å². The van der Waals surface area contributed by atoms with Gasteiger partial charge in [-0.15, -0.1) is 0 Å². The highest BCUT2D eigenvalue weighted by Crippen LogP contribution is 2.38. The van der Waals surface area contributed by atoms with Gasteiger partial charge < -0.3 is 28.5 Å². The van der Waals surface area contributed by atoms with Crippen LogP contribution in [0.2, 0.25) is 0 Å². The molecule has 79 heavy (non-hydrogen) atoms. The van der Waals surface area contributed by atoms with Gasteiger partial charge in [0.25, 0.3) is 7.82 Å². The Kier molecular flexibility index (Phi) is 58.5. The molecule has 3 atom stereocenters. The lowest BCUT2D eigenvalue weighted by Gasteiger charge is -2.30. The third-order valence-corrected chi connectivity index (χ3v) is 16.8. The van der Waals surface area contributed by atoms with Crippen molar-refractivity contribution in [3.8, 4) is 0 Å². The molecule has 9 nitrogen and oxygen atoms in total. The van der Waals surface area contributed by atoms with Gasteiger partial charge in [0.1, 0.15) is 19.3 Å². The maximum Gasteiger partial charge on any atom is 0.306 e. The number of esters is 1. The van der Waals surface area contributed by atoms with Gasteiger partial charge >= 0.3 is 5.97 Å². The van der Waals surface area contributed by atoms with E-state index in [0.717, 1.165) is 57.8 Å². The summed E-state index contributed by atoms with van der Waals surface area (Å²) in [6, 6.07) is -0.884. The molecule has 10 heteroatoms. The lowest BCUT2D eigenvalue weighted by Crippen LogP contribution is -2.47. The van der Waals surface area contributed by atoms with E-state index in [2.05, 4.69) is 38.2 Å². The molecule has 0 saturated heterocycles. The number of nitrogens with zero attached hydrogens (tertiary/aromatic N) is 1. The van der Waals surface area contributed by atoms with Crippen LogP contribution in [0, 0.1) is 0 Å². The molecule has 468 valence electrons. The molecule has 3 unspecified atom stereocenters. The fourth-order valence-electron chi connectivity index (χ4n) is 10.5. The minimum Gasteiger partial charge on any atom is -0.756 e. The first-order chi connectivity index (χ1) is 38.4. The molecular formula is C69H135N2O7P. The lowest BCUT2D eigenvalue weighted by atomic mass is 10.0. The Morgan fingerprint density at radius 2 is 0.734 bits per heavy atom. The Bertz CT molecular complexity index is 1400. The Balaban J connectivity index is 5.03. The maximum atomic E-state index is 13.6. The normalized spacial score (nSPS) is 13.7. The second-order valence-electron chi connectivity index (χ2n) is 25.0. The van der Waals surface area contributed by atoms with E-state index in [9.17, 15) is 19.0 Å². The SMILES string of the molecule is CCCCCCCC/C=C/CCCCCCCCCCCC(=O)OC(/C=C/CCCCCCCCCCC)C(COP(=O)([O-])OCC[N+](C)(C)C)NC(=O)CCCCCCCCCCCCCCCCCCCCCCCCC. The Hall–Kier alpha value is -1.51. The molecule has 0 heterocycles. The number of phosphoric ester groups is 1. The number of hydrogen-bond donors (Lipinski definition) is 1. The number of amides is 1. The fraction of sp³-hybridized carbons (Fsp3) is 0.913. The Morgan fingerprint density at radius 1 is 0.430 bits per heavy atom. The van der Waals surface area contributed by atoms with Crippen molar-refractivity contribution in [1.82, 2.24) is 5.32 Å². The Labute approximate surface area is 492 Å². The maximum absolute atomic E-state index is 13.6. The molecule has 0 aliphatic carbocycles. The minimum atomic E-state index is -4.70. The number of likely N-dealkylation sites (N-methyl/N-ethyl adjacent to an activating group) is 1. The molecule has 1 N–H and O–H groups in total. The van der Waals surface area contributed by atoms with Gasteiger partial charge in [-0.25, -0.2) is 0 Å². The minimum absolute atomic E-state index is 0.0187. The van der Waals surface area contributed by atoms with Crippen LogP contribution in [0.15, 0.2) is 24.3 Å². The van der Waals surface area contributed by atoms with E-state index in [4.69, 9.17) is 13.8 Å². The number of carbonyl (C=O) groups excluding carboxylic acids is 2. The van der Waals surface area contributed by atoms with Crippen LogP contribution >= 0.6 is 7.82 Å². The van der Waals surface area contributed by atoms with E-state index in [1.54, 1.807) is 0 Å². The van der Waals surface area contributed by atoms with Crippen LogP contribution in [0.1, 0.15) is 355 Å². The predicted octanol–water partition coefficient (Wildman–Crippen LogP) is 21.0. The van der Waals surface area contributed by atoms with Crippen LogP contribution in [0.3, 0.4) is 0 Å². The van der Waals surface area contributed by atoms with Crippen LogP contribution < -0.4 is 10.2 Å². The highest BCUT2D eigenvalue weighted by Gasteiger charge is 2.27. The summed E-state index contributed by atoms with van der Waals surface area (Å²) in [5.74, 6) is -0.523. The summed E-state index contributed by atoms with van der Waals surface area (Å²) in [5.41, 5.74) is 0. The molecule has 0 aliphatic rings. The summed E-state index contributed by atoms with van der Waals surface area (Å²) >= 11 is 0. The number of carbonyl (C=O) groups is 2. The highest BCUT2D eigenvalue weighted by atomic mass is 31.2. The van der Waals surface area contributed by atoms with Gasteiger partial charge in [0.15, 0.2) is 0 Å². The largest absolute Gasteiger partial charge is 0.756 e.